The van der Waals surface area contributed by atoms with E-state index in [1.165, 1.54) is 0 Å². The fourth-order valence-electron chi connectivity index (χ4n) is 3.73. The molecule has 1 aromatic carbocycles. The van der Waals surface area contributed by atoms with Crippen LogP contribution in [0, 0.1) is 5.92 Å². The summed E-state index contributed by atoms with van der Waals surface area (Å²) in [4.78, 5) is 36.3. The standard InChI is InChI=1S/C23H22ClN3O2/c1-14(2)7-10-16(28)13-19-17-5-3-4-6-18(17)23(29)27(19)21-12-9-15-8-11-20(24)25-22(15)26-21/h3-6,8-9,11-12,14,19H,7,10,13H2,1-2H3/t19-/m1/s1. The van der Waals surface area contributed by atoms with E-state index < -0.39 is 0 Å². The van der Waals surface area contributed by atoms with Gasteiger partial charge in [-0.05, 0) is 48.2 Å². The highest BCUT2D eigenvalue weighted by Crippen LogP contribution is 2.39. The number of nitrogens with zero attached hydrogens (tertiary/aromatic N) is 3. The fraction of sp³-hybridized carbons (Fsp3) is 0.304. The van der Waals surface area contributed by atoms with Crippen molar-refractivity contribution in [1.29, 1.82) is 0 Å². The van der Waals surface area contributed by atoms with Crippen molar-refractivity contribution >= 4 is 40.1 Å². The van der Waals surface area contributed by atoms with Crippen LogP contribution < -0.4 is 4.90 Å². The Morgan fingerprint density at radius 2 is 1.86 bits per heavy atom. The number of ketones is 1. The van der Waals surface area contributed by atoms with Gasteiger partial charge in [-0.25, -0.2) is 9.97 Å². The van der Waals surface area contributed by atoms with Gasteiger partial charge in [-0.3, -0.25) is 14.5 Å². The fourth-order valence-corrected chi connectivity index (χ4v) is 3.87. The summed E-state index contributed by atoms with van der Waals surface area (Å²) in [6, 6.07) is 14.3. The Bertz CT molecular complexity index is 1100. The predicted molar refractivity (Wildman–Crippen MR) is 114 cm³/mol. The summed E-state index contributed by atoms with van der Waals surface area (Å²) >= 11 is 6.01. The number of fused-ring (bicyclic) bond motifs is 2. The first-order chi connectivity index (χ1) is 13.9. The molecule has 4 rings (SSSR count). The molecule has 1 aliphatic rings. The van der Waals surface area contributed by atoms with Crippen LogP contribution in [0.15, 0.2) is 48.5 Å². The van der Waals surface area contributed by atoms with Crippen LogP contribution in [0.4, 0.5) is 5.82 Å². The van der Waals surface area contributed by atoms with Crippen molar-refractivity contribution in [3.8, 4) is 0 Å². The van der Waals surface area contributed by atoms with Crippen molar-refractivity contribution in [2.24, 2.45) is 5.92 Å². The van der Waals surface area contributed by atoms with E-state index in [1.54, 1.807) is 23.1 Å². The van der Waals surface area contributed by atoms with Gasteiger partial charge in [0.1, 0.15) is 16.8 Å². The molecule has 3 heterocycles. The van der Waals surface area contributed by atoms with Gasteiger partial charge in [0.25, 0.3) is 5.91 Å². The molecule has 29 heavy (non-hydrogen) atoms. The SMILES string of the molecule is CC(C)CCC(=O)C[C@@H]1c2ccccc2C(=O)N1c1ccc2ccc(Cl)nc2n1. The van der Waals surface area contributed by atoms with E-state index >= 15 is 0 Å². The van der Waals surface area contributed by atoms with Gasteiger partial charge in [-0.2, -0.15) is 0 Å². The first kappa shape index (κ1) is 19.5. The number of Topliss-reactive ketones (excluding diaryl/α,β-unsaturated/α-hetero) is 1. The molecule has 5 nitrogen and oxygen atoms in total. The molecule has 1 atom stereocenters. The van der Waals surface area contributed by atoms with Crippen LogP contribution in [-0.2, 0) is 4.79 Å². The Morgan fingerprint density at radius 1 is 1.10 bits per heavy atom. The van der Waals surface area contributed by atoms with Crippen LogP contribution in [0.3, 0.4) is 0 Å². The predicted octanol–water partition coefficient (Wildman–Crippen LogP) is 5.38. The minimum Gasteiger partial charge on any atom is -0.300 e. The van der Waals surface area contributed by atoms with Crippen molar-refractivity contribution in [3.63, 3.8) is 0 Å². The maximum absolute atomic E-state index is 13.2. The number of halogens is 1. The van der Waals surface area contributed by atoms with Crippen LogP contribution >= 0.6 is 11.6 Å². The topological polar surface area (TPSA) is 63.2 Å². The second kappa shape index (κ2) is 7.91. The molecule has 0 saturated heterocycles. The number of carbonyl (C=O) groups excluding carboxylic acids is 2. The molecule has 3 aromatic rings. The Hall–Kier alpha value is -2.79. The number of hydrogen-bond acceptors (Lipinski definition) is 4. The third-order valence-electron chi connectivity index (χ3n) is 5.25. The van der Waals surface area contributed by atoms with E-state index in [-0.39, 0.29) is 24.2 Å². The van der Waals surface area contributed by atoms with E-state index in [0.717, 1.165) is 17.4 Å². The molecule has 148 valence electrons. The number of pyridine rings is 2. The lowest BCUT2D eigenvalue weighted by Crippen LogP contribution is -2.30. The third kappa shape index (κ3) is 3.87. The normalized spacial score (nSPS) is 15.9. The highest BCUT2D eigenvalue weighted by molar-refractivity contribution is 6.29. The molecule has 0 bridgehead atoms. The lowest BCUT2D eigenvalue weighted by molar-refractivity contribution is -0.119. The van der Waals surface area contributed by atoms with Gasteiger partial charge in [0.05, 0.1) is 6.04 Å². The quantitative estimate of drug-likeness (QED) is 0.514. The van der Waals surface area contributed by atoms with Crippen LogP contribution in [0.1, 0.15) is 55.1 Å². The number of amides is 1. The van der Waals surface area contributed by atoms with Gasteiger partial charge >= 0.3 is 0 Å². The van der Waals surface area contributed by atoms with Gasteiger partial charge in [-0.15, -0.1) is 0 Å². The molecule has 2 aromatic heterocycles. The maximum Gasteiger partial charge on any atom is 0.260 e. The van der Waals surface area contributed by atoms with Crippen molar-refractivity contribution in [2.45, 2.75) is 39.2 Å². The zero-order chi connectivity index (χ0) is 20.5. The van der Waals surface area contributed by atoms with Crippen molar-refractivity contribution in [3.05, 3.63) is 64.8 Å². The van der Waals surface area contributed by atoms with Crippen molar-refractivity contribution < 1.29 is 9.59 Å². The average Bonchev–Trinajstić information content (AvgIpc) is 2.98. The summed E-state index contributed by atoms with van der Waals surface area (Å²) in [5, 5.41) is 1.19. The first-order valence-corrected chi connectivity index (χ1v) is 10.2. The minimum atomic E-state index is -0.359. The van der Waals surface area contributed by atoms with E-state index in [2.05, 4.69) is 23.8 Å². The second-order valence-corrected chi connectivity index (χ2v) is 8.19. The third-order valence-corrected chi connectivity index (χ3v) is 5.46. The molecule has 0 N–H and O–H groups in total. The Morgan fingerprint density at radius 3 is 2.66 bits per heavy atom. The maximum atomic E-state index is 13.2. The van der Waals surface area contributed by atoms with Crippen LogP contribution in [-0.4, -0.2) is 21.7 Å². The monoisotopic (exact) mass is 407 g/mol. The van der Waals surface area contributed by atoms with Gasteiger partial charge in [0.15, 0.2) is 5.65 Å². The largest absolute Gasteiger partial charge is 0.300 e. The average molecular weight is 408 g/mol. The van der Waals surface area contributed by atoms with E-state index in [1.807, 2.05) is 30.3 Å². The van der Waals surface area contributed by atoms with Gasteiger partial charge in [-0.1, -0.05) is 43.6 Å². The summed E-state index contributed by atoms with van der Waals surface area (Å²) in [5.41, 5.74) is 1.97. The first-order valence-electron chi connectivity index (χ1n) is 9.81. The van der Waals surface area contributed by atoms with E-state index in [9.17, 15) is 9.59 Å². The molecule has 6 heteroatoms. The van der Waals surface area contributed by atoms with Gasteiger partial charge in [0, 0.05) is 23.8 Å². The number of aromatic nitrogens is 2. The molecule has 0 spiro atoms. The zero-order valence-corrected chi connectivity index (χ0v) is 17.2. The van der Waals surface area contributed by atoms with E-state index in [4.69, 9.17) is 11.6 Å². The van der Waals surface area contributed by atoms with Gasteiger partial charge in [0.2, 0.25) is 0 Å². The summed E-state index contributed by atoms with van der Waals surface area (Å²) in [5.74, 6) is 0.956. The summed E-state index contributed by atoms with van der Waals surface area (Å²) in [6.45, 7) is 4.20. The second-order valence-electron chi connectivity index (χ2n) is 7.80. The van der Waals surface area contributed by atoms with Crippen molar-refractivity contribution in [2.75, 3.05) is 4.90 Å². The van der Waals surface area contributed by atoms with Crippen LogP contribution in [0.2, 0.25) is 5.15 Å². The van der Waals surface area contributed by atoms with E-state index in [0.29, 0.717) is 34.5 Å². The number of benzene rings is 1. The molecule has 1 aliphatic heterocycles. The highest BCUT2D eigenvalue weighted by atomic mass is 35.5. The molecule has 0 aliphatic carbocycles. The van der Waals surface area contributed by atoms with Crippen LogP contribution in [0.5, 0.6) is 0 Å². The highest BCUT2D eigenvalue weighted by Gasteiger charge is 2.39. The number of rotatable bonds is 6. The summed E-state index contributed by atoms with van der Waals surface area (Å²) in [7, 11) is 0. The number of anilines is 1. The lowest BCUT2D eigenvalue weighted by Gasteiger charge is -2.24. The lowest BCUT2D eigenvalue weighted by atomic mass is 9.97. The Labute approximate surface area is 174 Å². The molecular weight excluding hydrogens is 386 g/mol. The Balaban J connectivity index is 1.72. The molecule has 0 unspecified atom stereocenters. The minimum absolute atomic E-state index is 0.142. The smallest absolute Gasteiger partial charge is 0.260 e. The summed E-state index contributed by atoms with van der Waals surface area (Å²) < 4.78 is 0. The molecular formula is C23H22ClN3O2. The summed E-state index contributed by atoms with van der Waals surface area (Å²) in [6.07, 6.45) is 1.64. The molecule has 0 radical (unpaired) electrons. The number of hydrogen-bond donors (Lipinski definition) is 0. The molecule has 0 saturated carbocycles. The van der Waals surface area contributed by atoms with Gasteiger partial charge < -0.3 is 0 Å². The van der Waals surface area contributed by atoms with Crippen LogP contribution in [0.25, 0.3) is 11.0 Å². The number of carbonyl (C=O) groups is 2. The molecule has 1 amide bonds. The Kier molecular flexibility index (Phi) is 5.33. The van der Waals surface area contributed by atoms with Crippen molar-refractivity contribution in [1.82, 2.24) is 9.97 Å². The zero-order valence-electron chi connectivity index (χ0n) is 16.4. The molecule has 0 fully saturated rings.